The highest BCUT2D eigenvalue weighted by Crippen LogP contribution is 2.33. The number of aryl methyl sites for hydroxylation is 2. The van der Waals surface area contributed by atoms with Crippen LogP contribution in [0.15, 0.2) is 40.6 Å². The van der Waals surface area contributed by atoms with E-state index in [9.17, 15) is 10.1 Å². The molecule has 2 aromatic rings. The normalized spacial score (nSPS) is 11.0. The summed E-state index contributed by atoms with van der Waals surface area (Å²) in [4.78, 5) is 10.3. The number of benzene rings is 2. The molecule has 0 heterocycles. The van der Waals surface area contributed by atoms with Gasteiger partial charge in [0.25, 0.3) is 5.69 Å². The Morgan fingerprint density at radius 2 is 1.62 bits per heavy atom. The van der Waals surface area contributed by atoms with Crippen molar-refractivity contribution in [1.82, 2.24) is 0 Å². The van der Waals surface area contributed by atoms with Crippen LogP contribution in [-0.4, -0.2) is 4.92 Å². The number of rotatable bonds is 3. The lowest BCUT2D eigenvalue weighted by Crippen LogP contribution is -1.90. The molecule has 0 N–H and O–H groups in total. The van der Waals surface area contributed by atoms with Gasteiger partial charge in [-0.15, -0.1) is 0 Å². The Balaban J connectivity index is 2.40. The Hall–Kier alpha value is -1.98. The molecule has 2 aromatic carbocycles. The van der Waals surface area contributed by atoms with Gasteiger partial charge in [-0.2, -0.15) is 10.2 Å². The summed E-state index contributed by atoms with van der Waals surface area (Å²) in [6.07, 6.45) is 0. The van der Waals surface area contributed by atoms with E-state index in [4.69, 9.17) is 23.2 Å². The second-order valence-electron chi connectivity index (χ2n) is 4.48. The Labute approximate surface area is 131 Å². The summed E-state index contributed by atoms with van der Waals surface area (Å²) in [5, 5.41) is 19.6. The molecule has 0 aliphatic rings. The Morgan fingerprint density at radius 1 is 1.00 bits per heavy atom. The Kier molecular flexibility index (Phi) is 4.55. The van der Waals surface area contributed by atoms with Gasteiger partial charge in [0.2, 0.25) is 0 Å². The maximum Gasteiger partial charge on any atom is 0.288 e. The van der Waals surface area contributed by atoms with Crippen molar-refractivity contribution < 1.29 is 4.92 Å². The van der Waals surface area contributed by atoms with Gasteiger partial charge in [-0.25, -0.2) is 0 Å². The molecule has 0 unspecified atom stereocenters. The van der Waals surface area contributed by atoms with Crippen LogP contribution in [0.2, 0.25) is 10.0 Å². The van der Waals surface area contributed by atoms with E-state index < -0.39 is 4.92 Å². The molecule has 0 spiro atoms. The van der Waals surface area contributed by atoms with Crippen LogP contribution in [0.5, 0.6) is 0 Å². The summed E-state index contributed by atoms with van der Waals surface area (Å²) in [5.41, 5.74) is 2.51. The first-order chi connectivity index (χ1) is 9.88. The van der Waals surface area contributed by atoms with E-state index in [0.717, 1.165) is 5.56 Å². The van der Waals surface area contributed by atoms with Gasteiger partial charge in [-0.3, -0.25) is 10.1 Å². The molecule has 0 atom stereocenters. The standard InChI is InChI=1S/C14H11Cl2N3O2/c1-8-3-4-10(15)6-12(8)17-18-13-7-11(16)14(19(20)21)5-9(13)2/h3-7H,1-2H3. The van der Waals surface area contributed by atoms with Gasteiger partial charge in [-0.05, 0) is 43.2 Å². The first kappa shape index (κ1) is 15.4. The van der Waals surface area contributed by atoms with Crippen molar-refractivity contribution >= 4 is 40.3 Å². The van der Waals surface area contributed by atoms with Gasteiger partial charge >= 0.3 is 0 Å². The van der Waals surface area contributed by atoms with Crippen LogP contribution in [0, 0.1) is 24.0 Å². The SMILES string of the molecule is Cc1ccc(Cl)cc1N=Nc1cc(Cl)c([N+](=O)[O-])cc1C. The van der Waals surface area contributed by atoms with Crippen molar-refractivity contribution in [2.24, 2.45) is 10.2 Å². The first-order valence-electron chi connectivity index (χ1n) is 6.01. The molecule has 0 saturated heterocycles. The largest absolute Gasteiger partial charge is 0.288 e. The Morgan fingerprint density at radius 3 is 2.24 bits per heavy atom. The summed E-state index contributed by atoms with van der Waals surface area (Å²) in [6, 6.07) is 8.11. The first-order valence-corrected chi connectivity index (χ1v) is 6.76. The average molecular weight is 324 g/mol. The van der Waals surface area contributed by atoms with Crippen molar-refractivity contribution in [3.05, 3.63) is 61.6 Å². The van der Waals surface area contributed by atoms with Crippen molar-refractivity contribution in [3.8, 4) is 0 Å². The summed E-state index contributed by atoms with van der Waals surface area (Å²) in [7, 11) is 0. The van der Waals surface area contributed by atoms with Crippen molar-refractivity contribution in [2.45, 2.75) is 13.8 Å². The molecule has 0 radical (unpaired) electrons. The predicted octanol–water partition coefficient (Wildman–Crippen LogP) is 5.93. The highest BCUT2D eigenvalue weighted by Gasteiger charge is 2.14. The topological polar surface area (TPSA) is 67.9 Å². The van der Waals surface area contributed by atoms with E-state index in [2.05, 4.69) is 10.2 Å². The van der Waals surface area contributed by atoms with Crippen LogP contribution >= 0.6 is 23.2 Å². The summed E-state index contributed by atoms with van der Waals surface area (Å²) < 4.78 is 0. The minimum Gasteiger partial charge on any atom is -0.258 e. The molecule has 7 heteroatoms. The molecule has 0 bridgehead atoms. The fourth-order valence-electron chi connectivity index (χ4n) is 1.70. The predicted molar refractivity (Wildman–Crippen MR) is 83.2 cm³/mol. The zero-order valence-electron chi connectivity index (χ0n) is 11.3. The van der Waals surface area contributed by atoms with Crippen LogP contribution in [0.1, 0.15) is 11.1 Å². The van der Waals surface area contributed by atoms with Crippen LogP contribution in [0.4, 0.5) is 17.1 Å². The number of halogens is 2. The maximum absolute atomic E-state index is 10.8. The van der Waals surface area contributed by atoms with Gasteiger partial charge in [0.15, 0.2) is 0 Å². The molecule has 0 aliphatic carbocycles. The molecule has 0 aliphatic heterocycles. The zero-order chi connectivity index (χ0) is 15.6. The van der Waals surface area contributed by atoms with E-state index in [1.807, 2.05) is 13.0 Å². The van der Waals surface area contributed by atoms with E-state index >= 15 is 0 Å². The highest BCUT2D eigenvalue weighted by atomic mass is 35.5. The van der Waals surface area contributed by atoms with Crippen molar-refractivity contribution in [1.29, 1.82) is 0 Å². The lowest BCUT2D eigenvalue weighted by Gasteiger charge is -2.02. The van der Waals surface area contributed by atoms with Gasteiger partial charge in [-0.1, -0.05) is 29.3 Å². The number of nitro benzene ring substituents is 1. The van der Waals surface area contributed by atoms with E-state index in [1.165, 1.54) is 12.1 Å². The van der Waals surface area contributed by atoms with Crippen LogP contribution in [0.3, 0.4) is 0 Å². The lowest BCUT2D eigenvalue weighted by atomic mass is 10.2. The molecule has 5 nitrogen and oxygen atoms in total. The average Bonchev–Trinajstić information content (AvgIpc) is 2.42. The molecule has 108 valence electrons. The number of hydrogen-bond donors (Lipinski definition) is 0. The van der Waals surface area contributed by atoms with Gasteiger partial charge in [0.05, 0.1) is 16.3 Å². The lowest BCUT2D eigenvalue weighted by molar-refractivity contribution is -0.384. The number of hydrogen-bond acceptors (Lipinski definition) is 4. The third-order valence-corrected chi connectivity index (χ3v) is 3.44. The fourth-order valence-corrected chi connectivity index (χ4v) is 2.09. The van der Waals surface area contributed by atoms with Crippen LogP contribution in [0.25, 0.3) is 0 Å². The second kappa shape index (κ2) is 6.20. The molecule has 0 saturated carbocycles. The fraction of sp³-hybridized carbons (Fsp3) is 0.143. The van der Waals surface area contributed by atoms with Crippen molar-refractivity contribution in [2.75, 3.05) is 0 Å². The maximum atomic E-state index is 10.8. The smallest absolute Gasteiger partial charge is 0.258 e. The van der Waals surface area contributed by atoms with Gasteiger partial charge in [0.1, 0.15) is 5.02 Å². The van der Waals surface area contributed by atoms with Crippen molar-refractivity contribution in [3.63, 3.8) is 0 Å². The van der Waals surface area contributed by atoms with E-state index in [0.29, 0.717) is 22.0 Å². The van der Waals surface area contributed by atoms with Crippen LogP contribution in [-0.2, 0) is 0 Å². The quantitative estimate of drug-likeness (QED) is 0.398. The Bertz CT molecular complexity index is 745. The second-order valence-corrected chi connectivity index (χ2v) is 5.32. The minimum atomic E-state index is -0.530. The minimum absolute atomic E-state index is 0.0300. The van der Waals surface area contributed by atoms with Gasteiger partial charge in [0, 0.05) is 11.1 Å². The number of nitro groups is 1. The molecule has 0 aromatic heterocycles. The summed E-state index contributed by atoms with van der Waals surface area (Å²) in [5.74, 6) is 0. The zero-order valence-corrected chi connectivity index (χ0v) is 12.8. The highest BCUT2D eigenvalue weighted by molar-refractivity contribution is 6.33. The summed E-state index contributed by atoms with van der Waals surface area (Å²) in [6.45, 7) is 3.60. The number of azo groups is 1. The molecular formula is C14H11Cl2N3O2. The molecule has 0 fully saturated rings. The molecule has 0 amide bonds. The third-order valence-electron chi connectivity index (χ3n) is 2.90. The van der Waals surface area contributed by atoms with E-state index in [-0.39, 0.29) is 10.7 Å². The van der Waals surface area contributed by atoms with E-state index in [1.54, 1.807) is 19.1 Å². The summed E-state index contributed by atoms with van der Waals surface area (Å²) >= 11 is 11.8. The molecular weight excluding hydrogens is 313 g/mol. The third kappa shape index (κ3) is 3.56. The van der Waals surface area contributed by atoms with Crippen LogP contribution < -0.4 is 0 Å². The molecule has 2 rings (SSSR count). The number of nitrogens with zero attached hydrogens (tertiary/aromatic N) is 3. The monoisotopic (exact) mass is 323 g/mol. The van der Waals surface area contributed by atoms with Gasteiger partial charge < -0.3 is 0 Å². The molecule has 21 heavy (non-hydrogen) atoms.